The summed E-state index contributed by atoms with van der Waals surface area (Å²) in [5.74, 6) is 1.25. The van der Waals surface area contributed by atoms with E-state index in [4.69, 9.17) is 0 Å². The van der Waals surface area contributed by atoms with Crippen LogP contribution in [0.3, 0.4) is 0 Å². The SMILES string of the molecule is C=CCNC(=O)C(C)NC1CCC(SCC)C1. The fourth-order valence-electron chi connectivity index (χ4n) is 2.23. The van der Waals surface area contributed by atoms with E-state index >= 15 is 0 Å². The molecule has 17 heavy (non-hydrogen) atoms. The standard InChI is InChI=1S/C13H24N2OS/c1-4-8-14-13(16)10(3)15-11-6-7-12(9-11)17-5-2/h4,10-12,15H,1,5-9H2,2-3H3,(H,14,16). The first-order valence-electron chi connectivity index (χ1n) is 6.43. The molecule has 0 radical (unpaired) electrons. The average Bonchev–Trinajstić information content (AvgIpc) is 2.74. The quantitative estimate of drug-likeness (QED) is 0.684. The summed E-state index contributed by atoms with van der Waals surface area (Å²) in [6.07, 6.45) is 5.36. The lowest BCUT2D eigenvalue weighted by molar-refractivity contribution is -0.122. The van der Waals surface area contributed by atoms with E-state index < -0.39 is 0 Å². The summed E-state index contributed by atoms with van der Waals surface area (Å²) in [6.45, 7) is 8.27. The molecule has 1 aliphatic carbocycles. The number of carbonyl (C=O) groups excluding carboxylic acids is 1. The monoisotopic (exact) mass is 256 g/mol. The van der Waals surface area contributed by atoms with Crippen LogP contribution in [0.2, 0.25) is 0 Å². The van der Waals surface area contributed by atoms with Gasteiger partial charge in [-0.25, -0.2) is 0 Å². The highest BCUT2D eigenvalue weighted by atomic mass is 32.2. The van der Waals surface area contributed by atoms with Crippen molar-refractivity contribution in [2.45, 2.75) is 50.4 Å². The van der Waals surface area contributed by atoms with Crippen molar-refractivity contribution in [3.8, 4) is 0 Å². The number of hydrogen-bond donors (Lipinski definition) is 2. The molecule has 1 amide bonds. The summed E-state index contributed by atoms with van der Waals surface area (Å²) >= 11 is 2.04. The highest BCUT2D eigenvalue weighted by Crippen LogP contribution is 2.29. The molecule has 0 spiro atoms. The Balaban J connectivity index is 2.25. The van der Waals surface area contributed by atoms with Gasteiger partial charge in [-0.05, 0) is 31.9 Å². The van der Waals surface area contributed by atoms with Gasteiger partial charge in [-0.2, -0.15) is 11.8 Å². The van der Waals surface area contributed by atoms with E-state index in [-0.39, 0.29) is 11.9 Å². The van der Waals surface area contributed by atoms with Crippen LogP contribution >= 0.6 is 11.8 Å². The van der Waals surface area contributed by atoms with Gasteiger partial charge in [0, 0.05) is 17.8 Å². The number of rotatable bonds is 7. The summed E-state index contributed by atoms with van der Waals surface area (Å²) in [5, 5.41) is 7.01. The highest BCUT2D eigenvalue weighted by molar-refractivity contribution is 7.99. The molecule has 98 valence electrons. The van der Waals surface area contributed by atoms with E-state index in [1.54, 1.807) is 6.08 Å². The average molecular weight is 256 g/mol. The summed E-state index contributed by atoms with van der Waals surface area (Å²) in [5.41, 5.74) is 0. The maximum absolute atomic E-state index is 11.7. The van der Waals surface area contributed by atoms with E-state index in [1.807, 2.05) is 18.7 Å². The second-order valence-electron chi connectivity index (χ2n) is 4.51. The van der Waals surface area contributed by atoms with E-state index in [2.05, 4.69) is 24.1 Å². The third kappa shape index (κ3) is 5.13. The Morgan fingerprint density at radius 1 is 1.59 bits per heavy atom. The number of carbonyl (C=O) groups is 1. The molecule has 0 saturated heterocycles. The van der Waals surface area contributed by atoms with Gasteiger partial charge in [0.05, 0.1) is 6.04 Å². The van der Waals surface area contributed by atoms with Crippen LogP contribution < -0.4 is 10.6 Å². The second-order valence-corrected chi connectivity index (χ2v) is 6.09. The number of amides is 1. The summed E-state index contributed by atoms with van der Waals surface area (Å²) in [6, 6.07) is 0.397. The zero-order chi connectivity index (χ0) is 12.7. The van der Waals surface area contributed by atoms with Crippen molar-refractivity contribution < 1.29 is 4.79 Å². The molecule has 3 atom stereocenters. The van der Waals surface area contributed by atoms with Gasteiger partial charge in [0.25, 0.3) is 0 Å². The maximum atomic E-state index is 11.7. The fraction of sp³-hybridized carbons (Fsp3) is 0.769. The van der Waals surface area contributed by atoms with Crippen molar-refractivity contribution in [2.75, 3.05) is 12.3 Å². The van der Waals surface area contributed by atoms with Crippen LogP contribution in [0.1, 0.15) is 33.1 Å². The van der Waals surface area contributed by atoms with Crippen LogP contribution in [0.5, 0.6) is 0 Å². The molecular formula is C13H24N2OS. The lowest BCUT2D eigenvalue weighted by Gasteiger charge is -2.18. The van der Waals surface area contributed by atoms with Gasteiger partial charge in [-0.3, -0.25) is 4.79 Å². The van der Waals surface area contributed by atoms with Gasteiger partial charge < -0.3 is 10.6 Å². The number of hydrogen-bond acceptors (Lipinski definition) is 3. The van der Waals surface area contributed by atoms with E-state index in [1.165, 1.54) is 25.0 Å². The molecule has 0 aromatic carbocycles. The van der Waals surface area contributed by atoms with Gasteiger partial charge in [-0.15, -0.1) is 6.58 Å². The van der Waals surface area contributed by atoms with Crippen molar-refractivity contribution in [3.05, 3.63) is 12.7 Å². The summed E-state index contributed by atoms with van der Waals surface area (Å²) in [4.78, 5) is 11.7. The third-order valence-electron chi connectivity index (χ3n) is 3.09. The van der Waals surface area contributed by atoms with Crippen molar-refractivity contribution in [1.29, 1.82) is 0 Å². The number of thioether (sulfide) groups is 1. The van der Waals surface area contributed by atoms with Crippen LogP contribution in [0, 0.1) is 0 Å². The van der Waals surface area contributed by atoms with Crippen molar-refractivity contribution in [1.82, 2.24) is 10.6 Å². The lowest BCUT2D eigenvalue weighted by Crippen LogP contribution is -2.46. The molecule has 1 fully saturated rings. The molecule has 0 aliphatic heterocycles. The molecule has 0 aromatic heterocycles. The Morgan fingerprint density at radius 3 is 3.00 bits per heavy atom. The maximum Gasteiger partial charge on any atom is 0.237 e. The first-order chi connectivity index (χ1) is 8.17. The Bertz CT molecular complexity index is 258. The Hall–Kier alpha value is -0.480. The molecule has 1 rings (SSSR count). The summed E-state index contributed by atoms with van der Waals surface area (Å²) < 4.78 is 0. The smallest absolute Gasteiger partial charge is 0.237 e. The predicted octanol–water partition coefficient (Wildman–Crippen LogP) is 1.94. The molecule has 2 N–H and O–H groups in total. The van der Waals surface area contributed by atoms with Crippen molar-refractivity contribution in [3.63, 3.8) is 0 Å². The van der Waals surface area contributed by atoms with Gasteiger partial charge in [0.2, 0.25) is 5.91 Å². The number of nitrogens with one attached hydrogen (secondary N) is 2. The minimum atomic E-state index is -0.106. The fourth-order valence-corrected chi connectivity index (χ4v) is 3.38. The molecular weight excluding hydrogens is 232 g/mol. The van der Waals surface area contributed by atoms with Gasteiger partial charge in [-0.1, -0.05) is 13.0 Å². The molecule has 3 nitrogen and oxygen atoms in total. The Kier molecular flexibility index (Phi) is 6.66. The minimum absolute atomic E-state index is 0.0662. The van der Waals surface area contributed by atoms with E-state index in [9.17, 15) is 4.79 Å². The molecule has 1 saturated carbocycles. The van der Waals surface area contributed by atoms with E-state index in [0.717, 1.165) is 5.25 Å². The van der Waals surface area contributed by atoms with Crippen molar-refractivity contribution in [2.24, 2.45) is 0 Å². The predicted molar refractivity (Wildman–Crippen MR) is 75.4 cm³/mol. The Morgan fingerprint density at radius 2 is 2.35 bits per heavy atom. The zero-order valence-corrected chi connectivity index (χ0v) is 11.7. The normalized spacial score (nSPS) is 25.5. The molecule has 1 aliphatic rings. The van der Waals surface area contributed by atoms with Crippen molar-refractivity contribution >= 4 is 17.7 Å². The largest absolute Gasteiger partial charge is 0.351 e. The van der Waals surface area contributed by atoms with Gasteiger partial charge >= 0.3 is 0 Å². The molecule has 3 unspecified atom stereocenters. The minimum Gasteiger partial charge on any atom is -0.351 e. The Labute approximate surface area is 109 Å². The second kappa shape index (κ2) is 7.77. The molecule has 4 heteroatoms. The molecule has 0 bridgehead atoms. The van der Waals surface area contributed by atoms with Gasteiger partial charge in [0.15, 0.2) is 0 Å². The topological polar surface area (TPSA) is 41.1 Å². The van der Waals surface area contributed by atoms with Gasteiger partial charge in [0.1, 0.15) is 0 Å². The van der Waals surface area contributed by atoms with Crippen LogP contribution in [0.25, 0.3) is 0 Å². The lowest BCUT2D eigenvalue weighted by atomic mass is 10.2. The summed E-state index contributed by atoms with van der Waals surface area (Å²) in [7, 11) is 0. The van der Waals surface area contributed by atoms with Crippen LogP contribution in [-0.2, 0) is 4.79 Å². The highest BCUT2D eigenvalue weighted by Gasteiger charge is 2.26. The van der Waals surface area contributed by atoms with E-state index in [0.29, 0.717) is 12.6 Å². The van der Waals surface area contributed by atoms with Crippen LogP contribution in [0.4, 0.5) is 0 Å². The first-order valence-corrected chi connectivity index (χ1v) is 7.48. The van der Waals surface area contributed by atoms with Crippen LogP contribution in [-0.4, -0.2) is 35.5 Å². The third-order valence-corrected chi connectivity index (χ3v) is 4.32. The zero-order valence-electron chi connectivity index (χ0n) is 10.9. The van der Waals surface area contributed by atoms with Crippen LogP contribution in [0.15, 0.2) is 12.7 Å². The molecule has 0 aromatic rings. The first kappa shape index (κ1) is 14.6. The molecule has 0 heterocycles.